The van der Waals surface area contributed by atoms with Crippen LogP contribution in [0.25, 0.3) is 0 Å². The molecule has 1 aliphatic rings. The Hall–Kier alpha value is -2.86. The average molecular weight is 395 g/mol. The largest absolute Gasteiger partial charge is 0.374 e. The van der Waals surface area contributed by atoms with Crippen molar-refractivity contribution in [3.05, 3.63) is 54.1 Å². The predicted molar refractivity (Wildman–Crippen MR) is 118 cm³/mol. The number of anilines is 3. The van der Waals surface area contributed by atoms with Crippen molar-refractivity contribution in [1.29, 1.82) is 0 Å². The summed E-state index contributed by atoms with van der Waals surface area (Å²) in [6, 6.07) is 15.0. The minimum absolute atomic E-state index is 0.0770. The minimum atomic E-state index is -0.337. The fourth-order valence-electron chi connectivity index (χ4n) is 3.58. The summed E-state index contributed by atoms with van der Waals surface area (Å²) in [5.74, 6) is 0.0896. The molecule has 2 aromatic rings. The molecule has 2 amide bonds. The molecule has 1 atom stereocenters. The number of amides is 2. The van der Waals surface area contributed by atoms with Gasteiger partial charge in [0.25, 0.3) is 0 Å². The van der Waals surface area contributed by atoms with Crippen LogP contribution in [0.4, 0.5) is 17.1 Å². The van der Waals surface area contributed by atoms with Crippen LogP contribution in [0.3, 0.4) is 0 Å². The van der Waals surface area contributed by atoms with Crippen LogP contribution < -0.4 is 21.3 Å². The van der Waals surface area contributed by atoms with Crippen LogP contribution in [0, 0.1) is 0 Å². The van der Waals surface area contributed by atoms with Crippen molar-refractivity contribution >= 4 is 28.9 Å². The Morgan fingerprint density at radius 2 is 1.93 bits per heavy atom. The first-order chi connectivity index (χ1) is 14.1. The molecule has 0 saturated carbocycles. The number of nitrogens with one attached hydrogen (secondary N) is 2. The second kappa shape index (κ2) is 10.1. The zero-order chi connectivity index (χ0) is 20.6. The number of hydrogen-bond acceptors (Lipinski definition) is 4. The Morgan fingerprint density at radius 3 is 2.62 bits per heavy atom. The third-order valence-electron chi connectivity index (χ3n) is 5.17. The normalized spacial score (nSPS) is 15.1. The number of nitrogens with zero attached hydrogens (tertiary/aromatic N) is 1. The number of nitrogens with two attached hydrogens (primary N) is 1. The molecule has 154 valence electrons. The SMILES string of the molecule is CCC[C@@H](Nc1cccc(CN)c1)C(=O)Nc1ccc(N2CCCCC2=O)cc1. The third kappa shape index (κ3) is 5.57. The maximum absolute atomic E-state index is 12.8. The molecule has 1 saturated heterocycles. The Labute approximate surface area is 172 Å². The predicted octanol–water partition coefficient (Wildman–Crippen LogP) is 3.88. The number of benzene rings is 2. The smallest absolute Gasteiger partial charge is 0.246 e. The van der Waals surface area contributed by atoms with E-state index < -0.39 is 0 Å². The lowest BCUT2D eigenvalue weighted by Gasteiger charge is -2.27. The van der Waals surface area contributed by atoms with E-state index in [4.69, 9.17) is 5.73 Å². The maximum atomic E-state index is 12.8. The van der Waals surface area contributed by atoms with Gasteiger partial charge >= 0.3 is 0 Å². The highest BCUT2D eigenvalue weighted by atomic mass is 16.2. The van der Waals surface area contributed by atoms with Crippen LogP contribution in [-0.4, -0.2) is 24.4 Å². The van der Waals surface area contributed by atoms with Gasteiger partial charge in [-0.05, 0) is 61.2 Å². The zero-order valence-electron chi connectivity index (χ0n) is 17.0. The Balaban J connectivity index is 1.65. The van der Waals surface area contributed by atoms with Crippen molar-refractivity contribution in [1.82, 2.24) is 0 Å². The van der Waals surface area contributed by atoms with Gasteiger partial charge in [0.05, 0.1) is 0 Å². The summed E-state index contributed by atoms with van der Waals surface area (Å²) in [6.45, 7) is 3.28. The van der Waals surface area contributed by atoms with Gasteiger partial charge in [-0.25, -0.2) is 0 Å². The highest BCUT2D eigenvalue weighted by Gasteiger charge is 2.20. The molecule has 0 unspecified atom stereocenters. The number of carbonyl (C=O) groups is 2. The number of carbonyl (C=O) groups excluding carboxylic acids is 2. The number of piperidine rings is 1. The molecule has 0 aliphatic carbocycles. The van der Waals surface area contributed by atoms with E-state index in [9.17, 15) is 9.59 Å². The molecule has 0 spiro atoms. The van der Waals surface area contributed by atoms with Gasteiger partial charge < -0.3 is 21.3 Å². The fourth-order valence-corrected chi connectivity index (χ4v) is 3.58. The van der Waals surface area contributed by atoms with Crippen LogP contribution in [-0.2, 0) is 16.1 Å². The van der Waals surface area contributed by atoms with Gasteiger partial charge in [-0.1, -0.05) is 25.5 Å². The molecule has 6 nitrogen and oxygen atoms in total. The Kier molecular flexibility index (Phi) is 7.25. The summed E-state index contributed by atoms with van der Waals surface area (Å²) in [7, 11) is 0. The van der Waals surface area contributed by atoms with Gasteiger partial charge in [-0.15, -0.1) is 0 Å². The van der Waals surface area contributed by atoms with Crippen LogP contribution in [0.5, 0.6) is 0 Å². The summed E-state index contributed by atoms with van der Waals surface area (Å²) in [6.07, 6.45) is 4.20. The zero-order valence-corrected chi connectivity index (χ0v) is 17.0. The van der Waals surface area contributed by atoms with E-state index in [2.05, 4.69) is 17.6 Å². The van der Waals surface area contributed by atoms with Gasteiger partial charge in [0.1, 0.15) is 6.04 Å². The second-order valence-corrected chi connectivity index (χ2v) is 7.43. The quantitative estimate of drug-likeness (QED) is 0.634. The van der Waals surface area contributed by atoms with Crippen molar-refractivity contribution in [2.75, 3.05) is 22.1 Å². The van der Waals surface area contributed by atoms with Crippen molar-refractivity contribution in [3.8, 4) is 0 Å². The van der Waals surface area contributed by atoms with Gasteiger partial charge in [-0.2, -0.15) is 0 Å². The molecule has 1 aliphatic heterocycles. The van der Waals surface area contributed by atoms with Crippen molar-refractivity contribution in [2.24, 2.45) is 5.73 Å². The van der Waals surface area contributed by atoms with Crippen molar-refractivity contribution < 1.29 is 9.59 Å². The standard InChI is InChI=1S/C23H30N4O2/c1-2-6-21(25-19-8-5-7-17(15-19)16-24)23(29)26-18-10-12-20(13-11-18)27-14-4-3-9-22(27)28/h5,7-8,10-13,15,21,25H,2-4,6,9,14,16,24H2,1H3,(H,26,29)/t21-/m1/s1. The van der Waals surface area contributed by atoms with Crippen molar-refractivity contribution in [2.45, 2.75) is 51.6 Å². The van der Waals surface area contributed by atoms with E-state index in [1.165, 1.54) is 0 Å². The van der Waals surface area contributed by atoms with E-state index in [1.54, 1.807) is 0 Å². The van der Waals surface area contributed by atoms with Gasteiger partial charge in [-0.3, -0.25) is 9.59 Å². The van der Waals surface area contributed by atoms with E-state index >= 15 is 0 Å². The molecule has 2 aromatic carbocycles. The van der Waals surface area contributed by atoms with Gasteiger partial charge in [0.15, 0.2) is 0 Å². The van der Waals surface area contributed by atoms with E-state index in [0.717, 1.165) is 54.9 Å². The summed E-state index contributed by atoms with van der Waals surface area (Å²) in [5.41, 5.74) is 9.23. The van der Waals surface area contributed by atoms with Crippen molar-refractivity contribution in [3.63, 3.8) is 0 Å². The van der Waals surface area contributed by atoms with E-state index in [-0.39, 0.29) is 17.9 Å². The first-order valence-electron chi connectivity index (χ1n) is 10.4. The average Bonchev–Trinajstić information content (AvgIpc) is 2.74. The lowest BCUT2D eigenvalue weighted by atomic mass is 10.1. The Morgan fingerprint density at radius 1 is 1.14 bits per heavy atom. The molecule has 0 aromatic heterocycles. The van der Waals surface area contributed by atoms with Crippen LogP contribution in [0.15, 0.2) is 48.5 Å². The number of rotatable bonds is 8. The molecule has 0 bridgehead atoms. The first-order valence-corrected chi connectivity index (χ1v) is 10.4. The molecule has 1 heterocycles. The van der Waals surface area contributed by atoms with Crippen LogP contribution >= 0.6 is 0 Å². The van der Waals surface area contributed by atoms with Crippen LogP contribution in [0.2, 0.25) is 0 Å². The fraction of sp³-hybridized carbons (Fsp3) is 0.391. The monoisotopic (exact) mass is 394 g/mol. The molecule has 29 heavy (non-hydrogen) atoms. The molecular weight excluding hydrogens is 364 g/mol. The summed E-state index contributed by atoms with van der Waals surface area (Å²) >= 11 is 0. The number of hydrogen-bond donors (Lipinski definition) is 3. The lowest BCUT2D eigenvalue weighted by molar-refractivity contribution is -0.119. The van der Waals surface area contributed by atoms with E-state index in [0.29, 0.717) is 13.0 Å². The molecular formula is C23H30N4O2. The second-order valence-electron chi connectivity index (χ2n) is 7.43. The minimum Gasteiger partial charge on any atom is -0.374 e. The summed E-state index contributed by atoms with van der Waals surface area (Å²) < 4.78 is 0. The topological polar surface area (TPSA) is 87.5 Å². The first kappa shape index (κ1) is 20.9. The summed E-state index contributed by atoms with van der Waals surface area (Å²) in [4.78, 5) is 26.7. The highest BCUT2D eigenvalue weighted by Crippen LogP contribution is 2.23. The molecule has 1 fully saturated rings. The van der Waals surface area contributed by atoms with Gasteiger partial charge in [0.2, 0.25) is 11.8 Å². The van der Waals surface area contributed by atoms with E-state index in [1.807, 2.05) is 53.4 Å². The van der Waals surface area contributed by atoms with Crippen LogP contribution in [0.1, 0.15) is 44.6 Å². The molecule has 4 N–H and O–H groups in total. The summed E-state index contributed by atoms with van der Waals surface area (Å²) in [5, 5.41) is 6.31. The molecule has 0 radical (unpaired) electrons. The van der Waals surface area contributed by atoms with Gasteiger partial charge in [0, 0.05) is 36.6 Å². The Bertz CT molecular complexity index is 835. The third-order valence-corrected chi connectivity index (χ3v) is 5.17. The lowest BCUT2D eigenvalue weighted by Crippen LogP contribution is -2.35. The molecule has 3 rings (SSSR count). The highest BCUT2D eigenvalue weighted by molar-refractivity contribution is 5.97. The maximum Gasteiger partial charge on any atom is 0.246 e. The molecule has 6 heteroatoms.